The van der Waals surface area contributed by atoms with Gasteiger partial charge in [0.15, 0.2) is 0 Å². The van der Waals surface area contributed by atoms with E-state index in [9.17, 15) is 0 Å². The lowest BCUT2D eigenvalue weighted by Gasteiger charge is -2.16. The summed E-state index contributed by atoms with van der Waals surface area (Å²) in [5.74, 6) is 0. The molecule has 0 saturated carbocycles. The van der Waals surface area contributed by atoms with Crippen LogP contribution >= 0.6 is 0 Å². The van der Waals surface area contributed by atoms with E-state index in [0.717, 1.165) is 6.42 Å². The minimum atomic E-state index is 0.512. The Morgan fingerprint density at radius 3 is 1.88 bits per heavy atom. The van der Waals surface area contributed by atoms with Crippen LogP contribution in [0.2, 0.25) is 0 Å². The molecule has 8 heavy (non-hydrogen) atoms. The summed E-state index contributed by atoms with van der Waals surface area (Å²) in [4.78, 5) is 0. The SMILES string of the molecule is [CH2]CCCC(C)(C)C. The Balaban J connectivity index is 3.11. The van der Waals surface area contributed by atoms with E-state index in [1.807, 2.05) is 0 Å². The molecule has 0 heteroatoms. The third-order valence-electron chi connectivity index (χ3n) is 1.18. The average Bonchev–Trinajstić information content (AvgIpc) is 1.59. The van der Waals surface area contributed by atoms with Crippen molar-refractivity contribution in [2.45, 2.75) is 40.0 Å². The van der Waals surface area contributed by atoms with Crippen LogP contribution in [0.15, 0.2) is 0 Å². The summed E-state index contributed by atoms with van der Waals surface area (Å²) in [7, 11) is 0. The molecule has 0 rings (SSSR count). The zero-order valence-corrected chi connectivity index (χ0v) is 6.33. The Labute approximate surface area is 53.3 Å². The minimum Gasteiger partial charge on any atom is -0.0602 e. The highest BCUT2D eigenvalue weighted by atomic mass is 14.1. The number of rotatable bonds is 2. The van der Waals surface area contributed by atoms with Gasteiger partial charge < -0.3 is 0 Å². The molecular weight excluding hydrogens is 96.1 g/mol. The van der Waals surface area contributed by atoms with Gasteiger partial charge in [0, 0.05) is 0 Å². The summed E-state index contributed by atoms with van der Waals surface area (Å²) < 4.78 is 0. The Morgan fingerprint density at radius 2 is 1.75 bits per heavy atom. The van der Waals surface area contributed by atoms with Gasteiger partial charge in [0.1, 0.15) is 0 Å². The molecule has 0 aliphatic rings. The molecule has 0 fully saturated rings. The van der Waals surface area contributed by atoms with Crippen LogP contribution in [-0.4, -0.2) is 0 Å². The molecule has 0 aromatic rings. The van der Waals surface area contributed by atoms with Gasteiger partial charge in [-0.1, -0.05) is 40.5 Å². The Kier molecular flexibility index (Phi) is 3.11. The van der Waals surface area contributed by atoms with Crippen LogP contribution in [0.25, 0.3) is 0 Å². The van der Waals surface area contributed by atoms with E-state index in [0.29, 0.717) is 5.41 Å². The van der Waals surface area contributed by atoms with E-state index in [-0.39, 0.29) is 0 Å². The molecule has 0 aromatic carbocycles. The minimum absolute atomic E-state index is 0.512. The predicted octanol–water partition coefficient (Wildman–Crippen LogP) is 3.04. The first-order valence-electron chi connectivity index (χ1n) is 3.35. The molecule has 0 aromatic heterocycles. The molecule has 0 aliphatic heterocycles. The first-order valence-corrected chi connectivity index (χ1v) is 3.35. The van der Waals surface area contributed by atoms with Crippen LogP contribution in [-0.2, 0) is 0 Å². The second kappa shape index (κ2) is 3.11. The number of unbranched alkanes of at least 4 members (excludes halogenated alkanes) is 1. The maximum absolute atomic E-state index is 3.79. The molecular formula is C8H17. The summed E-state index contributed by atoms with van der Waals surface area (Å²) in [6, 6.07) is 0. The standard InChI is InChI=1S/C8H17/c1-5-6-7-8(2,3)4/h1,5-7H2,2-4H3. The van der Waals surface area contributed by atoms with Gasteiger partial charge in [-0.15, -0.1) is 0 Å². The lowest BCUT2D eigenvalue weighted by Crippen LogP contribution is -2.03. The topological polar surface area (TPSA) is 0 Å². The van der Waals surface area contributed by atoms with E-state index in [4.69, 9.17) is 0 Å². The fourth-order valence-corrected chi connectivity index (χ4v) is 0.655. The van der Waals surface area contributed by atoms with Gasteiger partial charge in [0.25, 0.3) is 0 Å². The van der Waals surface area contributed by atoms with E-state index in [1.165, 1.54) is 12.8 Å². The van der Waals surface area contributed by atoms with Crippen LogP contribution in [0, 0.1) is 12.3 Å². The molecule has 0 spiro atoms. The second-order valence-corrected chi connectivity index (χ2v) is 3.52. The third-order valence-corrected chi connectivity index (χ3v) is 1.18. The Hall–Kier alpha value is 0. The molecule has 49 valence electrons. The molecule has 0 bridgehead atoms. The van der Waals surface area contributed by atoms with E-state index in [1.54, 1.807) is 0 Å². The van der Waals surface area contributed by atoms with Gasteiger partial charge in [-0.2, -0.15) is 0 Å². The number of hydrogen-bond donors (Lipinski definition) is 0. The molecule has 0 heterocycles. The van der Waals surface area contributed by atoms with E-state index >= 15 is 0 Å². The van der Waals surface area contributed by atoms with Crippen LogP contribution < -0.4 is 0 Å². The van der Waals surface area contributed by atoms with Gasteiger partial charge in [0.2, 0.25) is 0 Å². The highest BCUT2D eigenvalue weighted by molar-refractivity contribution is 4.60. The van der Waals surface area contributed by atoms with Crippen molar-refractivity contribution in [3.8, 4) is 0 Å². The average molecular weight is 113 g/mol. The molecule has 0 amide bonds. The summed E-state index contributed by atoms with van der Waals surface area (Å²) in [6.45, 7) is 10.6. The zero-order valence-electron chi connectivity index (χ0n) is 6.33. The first-order chi connectivity index (χ1) is 3.56. The maximum Gasteiger partial charge on any atom is -0.0383 e. The quantitative estimate of drug-likeness (QED) is 0.516. The summed E-state index contributed by atoms with van der Waals surface area (Å²) >= 11 is 0. The Morgan fingerprint density at radius 1 is 1.25 bits per heavy atom. The van der Waals surface area contributed by atoms with Gasteiger partial charge >= 0.3 is 0 Å². The van der Waals surface area contributed by atoms with Crippen molar-refractivity contribution in [2.75, 3.05) is 0 Å². The highest BCUT2D eigenvalue weighted by Gasteiger charge is 2.07. The molecule has 0 aliphatic carbocycles. The second-order valence-electron chi connectivity index (χ2n) is 3.52. The molecule has 0 atom stereocenters. The monoisotopic (exact) mass is 113 g/mol. The maximum atomic E-state index is 3.79. The molecule has 0 saturated heterocycles. The third kappa shape index (κ3) is 6.00. The van der Waals surface area contributed by atoms with Crippen molar-refractivity contribution in [1.29, 1.82) is 0 Å². The summed E-state index contributed by atoms with van der Waals surface area (Å²) in [5, 5.41) is 0. The van der Waals surface area contributed by atoms with Crippen molar-refractivity contribution in [1.82, 2.24) is 0 Å². The molecule has 0 unspecified atom stereocenters. The van der Waals surface area contributed by atoms with Gasteiger partial charge in [-0.05, 0) is 11.8 Å². The molecule has 0 nitrogen and oxygen atoms in total. The largest absolute Gasteiger partial charge is 0.0602 e. The predicted molar refractivity (Wildman–Crippen MR) is 38.7 cm³/mol. The molecule has 0 N–H and O–H groups in total. The summed E-state index contributed by atoms with van der Waals surface area (Å²) in [5.41, 5.74) is 0.512. The normalized spacial score (nSPS) is 12.0. The fourth-order valence-electron chi connectivity index (χ4n) is 0.655. The van der Waals surface area contributed by atoms with Gasteiger partial charge in [-0.25, -0.2) is 0 Å². The first kappa shape index (κ1) is 8.00. The van der Waals surface area contributed by atoms with Crippen molar-refractivity contribution < 1.29 is 0 Å². The van der Waals surface area contributed by atoms with E-state index < -0.39 is 0 Å². The van der Waals surface area contributed by atoms with Crippen molar-refractivity contribution >= 4 is 0 Å². The smallest absolute Gasteiger partial charge is 0.0383 e. The van der Waals surface area contributed by atoms with Crippen molar-refractivity contribution in [2.24, 2.45) is 5.41 Å². The van der Waals surface area contributed by atoms with Crippen molar-refractivity contribution in [3.63, 3.8) is 0 Å². The molecule has 1 radical (unpaired) electrons. The highest BCUT2D eigenvalue weighted by Crippen LogP contribution is 2.20. The van der Waals surface area contributed by atoms with Crippen LogP contribution in [0.1, 0.15) is 40.0 Å². The fraction of sp³-hybridized carbons (Fsp3) is 0.875. The van der Waals surface area contributed by atoms with Crippen LogP contribution in [0.4, 0.5) is 0 Å². The van der Waals surface area contributed by atoms with E-state index in [2.05, 4.69) is 27.7 Å². The number of hydrogen-bond acceptors (Lipinski definition) is 0. The Bertz CT molecular complexity index is 47.5. The van der Waals surface area contributed by atoms with Crippen LogP contribution in [0.3, 0.4) is 0 Å². The zero-order chi connectivity index (χ0) is 6.62. The lowest BCUT2D eigenvalue weighted by atomic mass is 9.90. The summed E-state index contributed by atoms with van der Waals surface area (Å²) in [6.07, 6.45) is 3.65. The van der Waals surface area contributed by atoms with Crippen molar-refractivity contribution in [3.05, 3.63) is 6.92 Å². The van der Waals surface area contributed by atoms with Gasteiger partial charge in [0.05, 0.1) is 0 Å². The van der Waals surface area contributed by atoms with Crippen LogP contribution in [0.5, 0.6) is 0 Å². The lowest BCUT2D eigenvalue weighted by molar-refractivity contribution is 0.367. The van der Waals surface area contributed by atoms with Gasteiger partial charge in [-0.3, -0.25) is 0 Å².